The molecule has 0 atom stereocenters. The van der Waals surface area contributed by atoms with Crippen molar-refractivity contribution in [2.45, 2.75) is 37.2 Å². The standard InChI is InChI=1S/C24H25ClN4S/c1-4-13-29-15-16(2)22(14-17(29)3)26-23-20-7-5-6-8-21(20)27-24(28-23)30-19-11-9-18(25)10-12-19/h5-12,14H,4,13,15H2,1-3H3,(H,26,27,28). The molecule has 0 fully saturated rings. The summed E-state index contributed by atoms with van der Waals surface area (Å²) in [7, 11) is 0. The van der Waals surface area contributed by atoms with Crippen molar-refractivity contribution in [3.05, 3.63) is 76.6 Å². The Labute approximate surface area is 187 Å². The fourth-order valence-corrected chi connectivity index (χ4v) is 4.41. The third-order valence-corrected chi connectivity index (χ3v) is 6.22. The van der Waals surface area contributed by atoms with Gasteiger partial charge >= 0.3 is 0 Å². The lowest BCUT2D eigenvalue weighted by molar-refractivity contribution is 0.366. The molecule has 1 aromatic heterocycles. The zero-order valence-electron chi connectivity index (χ0n) is 17.4. The average molecular weight is 437 g/mol. The van der Waals surface area contributed by atoms with Crippen LogP contribution in [0.2, 0.25) is 5.02 Å². The van der Waals surface area contributed by atoms with Gasteiger partial charge in [-0.05, 0) is 80.1 Å². The van der Waals surface area contributed by atoms with E-state index >= 15 is 0 Å². The van der Waals surface area contributed by atoms with Crippen LogP contribution in [0.25, 0.3) is 10.9 Å². The van der Waals surface area contributed by atoms with E-state index in [1.54, 1.807) is 0 Å². The largest absolute Gasteiger partial charge is 0.371 e. The number of anilines is 1. The van der Waals surface area contributed by atoms with Crippen LogP contribution in [0.1, 0.15) is 27.2 Å². The van der Waals surface area contributed by atoms with E-state index in [2.05, 4.69) is 43.1 Å². The molecule has 30 heavy (non-hydrogen) atoms. The van der Waals surface area contributed by atoms with Gasteiger partial charge in [-0.2, -0.15) is 0 Å². The molecule has 1 N–H and O–H groups in total. The highest BCUT2D eigenvalue weighted by molar-refractivity contribution is 7.99. The topological polar surface area (TPSA) is 41.0 Å². The third-order valence-electron chi connectivity index (χ3n) is 5.09. The van der Waals surface area contributed by atoms with E-state index in [1.807, 2.05) is 42.5 Å². The molecule has 1 aliphatic rings. The van der Waals surface area contributed by atoms with Gasteiger partial charge in [-0.15, -0.1) is 0 Å². The summed E-state index contributed by atoms with van der Waals surface area (Å²) in [4.78, 5) is 13.1. The fourth-order valence-electron chi connectivity index (χ4n) is 3.52. The highest BCUT2D eigenvalue weighted by atomic mass is 35.5. The van der Waals surface area contributed by atoms with Gasteiger partial charge in [0.1, 0.15) is 5.82 Å². The smallest absolute Gasteiger partial charge is 0.195 e. The lowest BCUT2D eigenvalue weighted by atomic mass is 10.1. The van der Waals surface area contributed by atoms with E-state index in [1.165, 1.54) is 23.0 Å². The number of hydrogen-bond acceptors (Lipinski definition) is 5. The summed E-state index contributed by atoms with van der Waals surface area (Å²) in [6.07, 6.45) is 3.36. The van der Waals surface area contributed by atoms with Gasteiger partial charge in [0.15, 0.2) is 5.16 Å². The summed E-state index contributed by atoms with van der Waals surface area (Å²) in [5, 5.41) is 6.04. The van der Waals surface area contributed by atoms with Gasteiger partial charge in [-0.1, -0.05) is 30.7 Å². The molecule has 0 saturated heterocycles. The number of allylic oxidation sites excluding steroid dienone is 2. The maximum Gasteiger partial charge on any atom is 0.195 e. The molecule has 154 valence electrons. The Morgan fingerprint density at radius 2 is 1.83 bits per heavy atom. The summed E-state index contributed by atoms with van der Waals surface area (Å²) in [5.74, 6) is 0.833. The molecule has 0 unspecified atom stereocenters. The number of nitrogens with zero attached hydrogens (tertiary/aromatic N) is 3. The van der Waals surface area contributed by atoms with Crippen molar-refractivity contribution in [3.8, 4) is 0 Å². The summed E-state index contributed by atoms with van der Waals surface area (Å²) in [6, 6.07) is 15.9. The van der Waals surface area contributed by atoms with Crippen molar-refractivity contribution >= 4 is 40.1 Å². The minimum absolute atomic E-state index is 0.709. The second-order valence-corrected chi connectivity index (χ2v) is 8.93. The molecular weight excluding hydrogens is 412 g/mol. The van der Waals surface area contributed by atoms with Crippen LogP contribution in [0, 0.1) is 0 Å². The molecule has 0 bridgehead atoms. The predicted molar refractivity (Wildman–Crippen MR) is 127 cm³/mol. The molecule has 0 spiro atoms. The van der Waals surface area contributed by atoms with E-state index < -0.39 is 0 Å². The van der Waals surface area contributed by atoms with Gasteiger partial charge in [0.05, 0.1) is 5.52 Å². The number of para-hydroxylation sites is 1. The zero-order chi connectivity index (χ0) is 21.1. The van der Waals surface area contributed by atoms with Gasteiger partial charge in [-0.25, -0.2) is 9.97 Å². The van der Waals surface area contributed by atoms with Crippen molar-refractivity contribution in [2.24, 2.45) is 0 Å². The SMILES string of the molecule is CCCN1CC(C)=C(Nc2nc(Sc3ccc(Cl)cc3)nc3ccccc23)C=C1C. The summed E-state index contributed by atoms with van der Waals surface area (Å²) in [5.41, 5.74) is 4.63. The van der Waals surface area contributed by atoms with Crippen LogP contribution < -0.4 is 5.32 Å². The first-order valence-electron chi connectivity index (χ1n) is 10.1. The monoisotopic (exact) mass is 436 g/mol. The Balaban J connectivity index is 1.68. The van der Waals surface area contributed by atoms with Gasteiger partial charge in [0.2, 0.25) is 0 Å². The molecule has 0 radical (unpaired) electrons. The normalized spacial score (nSPS) is 14.3. The van der Waals surface area contributed by atoms with E-state index in [-0.39, 0.29) is 0 Å². The maximum atomic E-state index is 6.02. The summed E-state index contributed by atoms with van der Waals surface area (Å²) >= 11 is 7.55. The van der Waals surface area contributed by atoms with Gasteiger partial charge in [-0.3, -0.25) is 0 Å². The molecule has 0 aliphatic carbocycles. The summed E-state index contributed by atoms with van der Waals surface area (Å²) < 4.78 is 0. The highest BCUT2D eigenvalue weighted by Crippen LogP contribution is 2.31. The number of rotatable bonds is 6. The van der Waals surface area contributed by atoms with Crippen LogP contribution in [-0.4, -0.2) is 28.0 Å². The third kappa shape index (κ3) is 4.63. The minimum atomic E-state index is 0.709. The number of hydrogen-bond donors (Lipinski definition) is 1. The highest BCUT2D eigenvalue weighted by Gasteiger charge is 2.16. The van der Waals surface area contributed by atoms with Crippen LogP contribution in [0.5, 0.6) is 0 Å². The summed E-state index contributed by atoms with van der Waals surface area (Å²) in [6.45, 7) is 8.58. The Morgan fingerprint density at radius 3 is 2.60 bits per heavy atom. The Hall–Kier alpha value is -2.50. The van der Waals surface area contributed by atoms with Crippen LogP contribution >= 0.6 is 23.4 Å². The maximum absolute atomic E-state index is 6.02. The molecule has 3 aromatic rings. The number of aromatic nitrogens is 2. The van der Waals surface area contributed by atoms with E-state index in [9.17, 15) is 0 Å². The van der Waals surface area contributed by atoms with E-state index in [4.69, 9.17) is 21.6 Å². The molecule has 1 aliphatic heterocycles. The van der Waals surface area contributed by atoms with Crippen molar-refractivity contribution in [1.29, 1.82) is 0 Å². The van der Waals surface area contributed by atoms with Crippen LogP contribution in [0.4, 0.5) is 5.82 Å². The first-order chi connectivity index (χ1) is 14.5. The first-order valence-corrected chi connectivity index (χ1v) is 11.3. The minimum Gasteiger partial charge on any atom is -0.371 e. The Morgan fingerprint density at radius 1 is 1.07 bits per heavy atom. The van der Waals surface area contributed by atoms with Crippen LogP contribution in [-0.2, 0) is 0 Å². The predicted octanol–water partition coefficient (Wildman–Crippen LogP) is 6.75. The molecule has 6 heteroatoms. The van der Waals surface area contributed by atoms with Crippen molar-refractivity contribution in [3.63, 3.8) is 0 Å². The second-order valence-electron chi connectivity index (χ2n) is 7.45. The molecule has 0 saturated carbocycles. The molecule has 2 aromatic carbocycles. The quantitative estimate of drug-likeness (QED) is 0.433. The number of nitrogens with one attached hydrogen (secondary N) is 1. The molecule has 4 rings (SSSR count). The van der Waals surface area contributed by atoms with E-state index in [0.717, 1.165) is 51.8 Å². The lowest BCUT2D eigenvalue weighted by Crippen LogP contribution is -2.29. The second kappa shape index (κ2) is 9.11. The van der Waals surface area contributed by atoms with E-state index in [0.29, 0.717) is 5.16 Å². The first kappa shape index (κ1) is 20.8. The molecule has 0 amide bonds. The average Bonchev–Trinajstić information content (AvgIpc) is 2.73. The zero-order valence-corrected chi connectivity index (χ0v) is 19.0. The Bertz CT molecular complexity index is 1120. The van der Waals surface area contributed by atoms with Crippen molar-refractivity contribution in [2.75, 3.05) is 18.4 Å². The molecular formula is C24H25ClN4S. The van der Waals surface area contributed by atoms with Crippen molar-refractivity contribution < 1.29 is 0 Å². The van der Waals surface area contributed by atoms with Crippen LogP contribution in [0.15, 0.2) is 81.6 Å². The van der Waals surface area contributed by atoms with Gasteiger partial charge in [0, 0.05) is 39.8 Å². The number of benzene rings is 2. The molecule has 4 nitrogen and oxygen atoms in total. The fraction of sp³-hybridized carbons (Fsp3) is 0.250. The van der Waals surface area contributed by atoms with Gasteiger partial charge in [0.25, 0.3) is 0 Å². The van der Waals surface area contributed by atoms with Crippen LogP contribution in [0.3, 0.4) is 0 Å². The van der Waals surface area contributed by atoms with Crippen molar-refractivity contribution in [1.82, 2.24) is 14.9 Å². The lowest BCUT2D eigenvalue weighted by Gasteiger charge is -2.30. The molecule has 2 heterocycles. The Kier molecular flexibility index (Phi) is 6.30. The van der Waals surface area contributed by atoms with Gasteiger partial charge < -0.3 is 10.2 Å². The number of fused-ring (bicyclic) bond motifs is 1. The number of halogens is 1.